The van der Waals surface area contributed by atoms with Gasteiger partial charge < -0.3 is 5.32 Å². The van der Waals surface area contributed by atoms with Crippen LogP contribution in [0.1, 0.15) is 5.56 Å². The van der Waals surface area contributed by atoms with Gasteiger partial charge in [0.1, 0.15) is 16.7 Å². The highest BCUT2D eigenvalue weighted by molar-refractivity contribution is 8.23. The Morgan fingerprint density at radius 1 is 1.42 bits per heavy atom. The van der Waals surface area contributed by atoms with Crippen LogP contribution in [0.5, 0.6) is 0 Å². The van der Waals surface area contributed by atoms with Gasteiger partial charge in [0, 0.05) is 6.54 Å². The SMILES string of the molecule is O=C(CN1C(=O)CSC1=S)NCc1ccc(F)cc1. The monoisotopic (exact) mass is 298 g/mol. The van der Waals surface area contributed by atoms with Gasteiger partial charge in [0.2, 0.25) is 11.8 Å². The number of hydrogen-bond acceptors (Lipinski definition) is 4. The van der Waals surface area contributed by atoms with Crippen molar-refractivity contribution in [1.82, 2.24) is 10.2 Å². The number of thiocarbonyl (C=S) groups is 1. The van der Waals surface area contributed by atoms with Crippen molar-refractivity contribution in [3.8, 4) is 0 Å². The highest BCUT2D eigenvalue weighted by Gasteiger charge is 2.28. The molecule has 0 spiro atoms. The summed E-state index contributed by atoms with van der Waals surface area (Å²) in [6.07, 6.45) is 0. The third kappa shape index (κ3) is 3.74. The maximum atomic E-state index is 12.7. The second-order valence-corrected chi connectivity index (χ2v) is 5.55. The molecule has 0 unspecified atom stereocenters. The van der Waals surface area contributed by atoms with Crippen molar-refractivity contribution in [3.05, 3.63) is 35.6 Å². The summed E-state index contributed by atoms with van der Waals surface area (Å²) in [7, 11) is 0. The second kappa shape index (κ2) is 6.12. The number of thioether (sulfide) groups is 1. The molecule has 1 saturated heterocycles. The molecule has 0 saturated carbocycles. The van der Waals surface area contributed by atoms with Crippen molar-refractivity contribution in [2.24, 2.45) is 0 Å². The zero-order chi connectivity index (χ0) is 13.8. The highest BCUT2D eigenvalue weighted by atomic mass is 32.2. The van der Waals surface area contributed by atoms with Crippen molar-refractivity contribution < 1.29 is 14.0 Å². The van der Waals surface area contributed by atoms with Crippen LogP contribution in [0.2, 0.25) is 0 Å². The van der Waals surface area contributed by atoms with Crippen molar-refractivity contribution in [2.45, 2.75) is 6.54 Å². The lowest BCUT2D eigenvalue weighted by Gasteiger charge is -2.14. The normalized spacial score (nSPS) is 14.9. The molecule has 19 heavy (non-hydrogen) atoms. The minimum atomic E-state index is -0.319. The van der Waals surface area contributed by atoms with Crippen LogP contribution in [-0.2, 0) is 16.1 Å². The lowest BCUT2D eigenvalue weighted by atomic mass is 10.2. The summed E-state index contributed by atoms with van der Waals surface area (Å²) in [6.45, 7) is 0.229. The fourth-order valence-corrected chi connectivity index (χ4v) is 2.60. The summed E-state index contributed by atoms with van der Waals surface area (Å²) in [5.41, 5.74) is 0.791. The Kier molecular flexibility index (Phi) is 4.49. The molecule has 4 nitrogen and oxygen atoms in total. The average molecular weight is 298 g/mol. The Morgan fingerprint density at radius 3 is 2.68 bits per heavy atom. The molecular weight excluding hydrogens is 287 g/mol. The van der Waals surface area contributed by atoms with E-state index in [1.54, 1.807) is 12.1 Å². The van der Waals surface area contributed by atoms with Gasteiger partial charge in [-0.25, -0.2) is 4.39 Å². The van der Waals surface area contributed by atoms with Crippen molar-refractivity contribution in [1.29, 1.82) is 0 Å². The molecular formula is C12H11FN2O2S2. The van der Waals surface area contributed by atoms with Crippen molar-refractivity contribution in [2.75, 3.05) is 12.3 Å². The fourth-order valence-electron chi connectivity index (χ4n) is 1.54. The van der Waals surface area contributed by atoms with Crippen LogP contribution in [-0.4, -0.2) is 33.3 Å². The third-order valence-electron chi connectivity index (χ3n) is 2.55. The van der Waals surface area contributed by atoms with E-state index in [4.69, 9.17) is 12.2 Å². The number of amides is 2. The van der Waals surface area contributed by atoms with E-state index in [0.717, 1.165) is 5.56 Å². The maximum Gasteiger partial charge on any atom is 0.240 e. The Balaban J connectivity index is 1.83. The molecule has 0 radical (unpaired) electrons. The molecule has 1 aliphatic heterocycles. The smallest absolute Gasteiger partial charge is 0.240 e. The van der Waals surface area contributed by atoms with Crippen LogP contribution in [0.25, 0.3) is 0 Å². The largest absolute Gasteiger partial charge is 0.350 e. The van der Waals surface area contributed by atoms with Gasteiger partial charge in [-0.05, 0) is 17.7 Å². The van der Waals surface area contributed by atoms with E-state index < -0.39 is 0 Å². The van der Waals surface area contributed by atoms with Crippen molar-refractivity contribution in [3.63, 3.8) is 0 Å². The molecule has 0 aromatic heterocycles. The van der Waals surface area contributed by atoms with Crippen LogP contribution >= 0.6 is 24.0 Å². The summed E-state index contributed by atoms with van der Waals surface area (Å²) in [4.78, 5) is 24.4. The van der Waals surface area contributed by atoms with Gasteiger partial charge in [0.25, 0.3) is 0 Å². The minimum absolute atomic E-state index is 0.0636. The van der Waals surface area contributed by atoms with Crippen LogP contribution in [0.4, 0.5) is 4.39 Å². The fraction of sp³-hybridized carbons (Fsp3) is 0.250. The summed E-state index contributed by atoms with van der Waals surface area (Å²) in [5, 5.41) is 2.66. The number of carbonyl (C=O) groups is 2. The predicted molar refractivity (Wildman–Crippen MR) is 75.0 cm³/mol. The highest BCUT2D eigenvalue weighted by Crippen LogP contribution is 2.18. The lowest BCUT2D eigenvalue weighted by Crippen LogP contribution is -2.39. The number of nitrogens with one attached hydrogen (secondary N) is 1. The van der Waals surface area contributed by atoms with E-state index in [0.29, 0.717) is 16.6 Å². The number of carbonyl (C=O) groups excluding carboxylic acids is 2. The Labute approximate surface area is 119 Å². The van der Waals surface area contributed by atoms with Crippen LogP contribution in [0.15, 0.2) is 24.3 Å². The molecule has 7 heteroatoms. The average Bonchev–Trinajstić information content (AvgIpc) is 2.70. The van der Waals surface area contributed by atoms with E-state index in [1.807, 2.05) is 0 Å². The molecule has 1 fully saturated rings. The summed E-state index contributed by atoms with van der Waals surface area (Å²) >= 11 is 6.23. The molecule has 0 aliphatic carbocycles. The first kappa shape index (κ1) is 14.0. The van der Waals surface area contributed by atoms with Gasteiger partial charge in [-0.1, -0.05) is 36.1 Å². The van der Waals surface area contributed by atoms with Crippen LogP contribution in [0.3, 0.4) is 0 Å². The molecule has 1 heterocycles. The number of rotatable bonds is 4. The Bertz CT molecular complexity index is 503. The van der Waals surface area contributed by atoms with Gasteiger partial charge in [-0.3, -0.25) is 14.5 Å². The topological polar surface area (TPSA) is 49.4 Å². The predicted octanol–water partition coefficient (Wildman–Crippen LogP) is 1.30. The van der Waals surface area contributed by atoms with Gasteiger partial charge in [-0.2, -0.15) is 0 Å². The maximum absolute atomic E-state index is 12.7. The number of nitrogens with zero attached hydrogens (tertiary/aromatic N) is 1. The quantitative estimate of drug-likeness (QED) is 0.851. The van der Waals surface area contributed by atoms with Crippen LogP contribution in [0, 0.1) is 5.82 Å². The molecule has 1 aliphatic rings. The zero-order valence-electron chi connectivity index (χ0n) is 9.89. The molecule has 100 valence electrons. The number of halogens is 1. The molecule has 0 bridgehead atoms. The van der Waals surface area contributed by atoms with Gasteiger partial charge in [0.05, 0.1) is 5.75 Å². The molecule has 0 atom stereocenters. The van der Waals surface area contributed by atoms with Gasteiger partial charge in [0.15, 0.2) is 0 Å². The van der Waals surface area contributed by atoms with Gasteiger partial charge in [-0.15, -0.1) is 0 Å². The Hall–Kier alpha value is -1.47. The number of benzene rings is 1. The van der Waals surface area contributed by atoms with Gasteiger partial charge >= 0.3 is 0 Å². The summed E-state index contributed by atoms with van der Waals surface area (Å²) in [6, 6.07) is 5.85. The molecule has 1 N–H and O–H groups in total. The van der Waals surface area contributed by atoms with E-state index in [2.05, 4.69) is 5.32 Å². The second-order valence-electron chi connectivity index (χ2n) is 3.94. The van der Waals surface area contributed by atoms with Crippen LogP contribution < -0.4 is 5.32 Å². The summed E-state index contributed by atoms with van der Waals surface area (Å²) in [5.74, 6) is -0.459. The van der Waals surface area contributed by atoms with E-state index in [1.165, 1.54) is 28.8 Å². The molecule has 2 amide bonds. The Morgan fingerprint density at radius 2 is 2.11 bits per heavy atom. The number of hydrogen-bond donors (Lipinski definition) is 1. The zero-order valence-corrected chi connectivity index (χ0v) is 11.5. The third-order valence-corrected chi connectivity index (χ3v) is 3.98. The van der Waals surface area contributed by atoms with E-state index in [9.17, 15) is 14.0 Å². The standard InChI is InChI=1S/C12H11FN2O2S2/c13-9-3-1-8(2-4-9)5-14-10(16)6-15-11(17)7-19-12(15)18/h1-4H,5-7H2,(H,14,16). The first-order valence-corrected chi connectivity index (χ1v) is 6.94. The van der Waals surface area contributed by atoms with Crippen molar-refractivity contribution >= 4 is 40.1 Å². The summed E-state index contributed by atoms with van der Waals surface area (Å²) < 4.78 is 13.1. The first-order valence-electron chi connectivity index (χ1n) is 5.54. The van der Waals surface area contributed by atoms with E-state index in [-0.39, 0.29) is 24.2 Å². The molecule has 2 rings (SSSR count). The lowest BCUT2D eigenvalue weighted by molar-refractivity contribution is -0.129. The van der Waals surface area contributed by atoms with E-state index >= 15 is 0 Å². The first-order chi connectivity index (χ1) is 9.06. The minimum Gasteiger partial charge on any atom is -0.350 e. The molecule has 1 aromatic carbocycles. The molecule has 1 aromatic rings.